The molecule has 0 aromatic heterocycles. The molecule has 0 bridgehead atoms. The number of aliphatic hydroxyl groups excluding tert-OH is 1. The third-order valence-electron chi connectivity index (χ3n) is 2.05. The quantitative estimate of drug-likeness (QED) is 0.749. The summed E-state index contributed by atoms with van der Waals surface area (Å²) in [4.78, 5) is 11.6. The van der Waals surface area contributed by atoms with Gasteiger partial charge in [-0.25, -0.2) is 4.79 Å². The highest BCUT2D eigenvalue weighted by Gasteiger charge is 2.11. The molecule has 1 aromatic rings. The number of para-hydroxylation sites is 1. The molecule has 2 amide bonds. The van der Waals surface area contributed by atoms with Gasteiger partial charge >= 0.3 is 6.03 Å². The average molecular weight is 259 g/mol. The first-order chi connectivity index (χ1) is 8.17. The third-order valence-corrected chi connectivity index (χ3v) is 2.38. The molecule has 0 fully saturated rings. The van der Waals surface area contributed by atoms with Gasteiger partial charge in [0.2, 0.25) is 0 Å². The van der Waals surface area contributed by atoms with Gasteiger partial charge in [-0.15, -0.1) is 0 Å². The Balaban J connectivity index is 2.52. The Hall–Kier alpha value is -1.30. The van der Waals surface area contributed by atoms with Crippen LogP contribution in [0.3, 0.4) is 0 Å². The Morgan fingerprint density at radius 3 is 2.82 bits per heavy atom. The lowest BCUT2D eigenvalue weighted by Crippen LogP contribution is -2.42. The van der Waals surface area contributed by atoms with Crippen molar-refractivity contribution in [3.05, 3.63) is 29.3 Å². The Morgan fingerprint density at radius 2 is 2.24 bits per heavy atom. The SMILES string of the molecule is COCC(CO)NC(=O)Nc1ccccc1Cl. The molecule has 5 nitrogen and oxygen atoms in total. The van der Waals surface area contributed by atoms with Crippen LogP contribution in [0.5, 0.6) is 0 Å². The van der Waals surface area contributed by atoms with Crippen molar-refractivity contribution in [3.8, 4) is 0 Å². The molecule has 0 radical (unpaired) electrons. The lowest BCUT2D eigenvalue weighted by atomic mass is 10.3. The fraction of sp³-hybridized carbons (Fsp3) is 0.364. The number of nitrogens with one attached hydrogen (secondary N) is 2. The Morgan fingerprint density at radius 1 is 1.53 bits per heavy atom. The normalized spacial score (nSPS) is 11.9. The summed E-state index contributed by atoms with van der Waals surface area (Å²) in [7, 11) is 1.50. The number of amides is 2. The molecule has 17 heavy (non-hydrogen) atoms. The maximum absolute atomic E-state index is 11.6. The van der Waals surface area contributed by atoms with Gasteiger partial charge in [0.1, 0.15) is 0 Å². The summed E-state index contributed by atoms with van der Waals surface area (Å²) in [6, 6.07) is 6.02. The number of hydrogen-bond acceptors (Lipinski definition) is 3. The van der Waals surface area contributed by atoms with Crippen molar-refractivity contribution in [1.82, 2.24) is 5.32 Å². The zero-order valence-electron chi connectivity index (χ0n) is 9.44. The number of anilines is 1. The van der Waals surface area contributed by atoms with E-state index in [-0.39, 0.29) is 13.2 Å². The van der Waals surface area contributed by atoms with E-state index in [1.807, 2.05) is 0 Å². The lowest BCUT2D eigenvalue weighted by molar-refractivity contribution is 0.132. The molecule has 1 atom stereocenters. The topological polar surface area (TPSA) is 70.6 Å². The minimum Gasteiger partial charge on any atom is -0.394 e. The van der Waals surface area contributed by atoms with E-state index in [2.05, 4.69) is 10.6 Å². The summed E-state index contributed by atoms with van der Waals surface area (Å²) in [5.74, 6) is 0. The number of carbonyl (C=O) groups is 1. The minimum atomic E-state index is -0.442. The molecule has 1 rings (SSSR count). The molecule has 0 saturated carbocycles. The van der Waals surface area contributed by atoms with Crippen molar-refractivity contribution in [2.45, 2.75) is 6.04 Å². The number of urea groups is 1. The van der Waals surface area contributed by atoms with Crippen molar-refractivity contribution < 1.29 is 14.6 Å². The zero-order chi connectivity index (χ0) is 12.7. The van der Waals surface area contributed by atoms with Gasteiger partial charge in [0.05, 0.1) is 30.0 Å². The minimum absolute atomic E-state index is 0.191. The van der Waals surface area contributed by atoms with E-state index in [4.69, 9.17) is 21.4 Å². The molecule has 3 N–H and O–H groups in total. The van der Waals surface area contributed by atoms with Crippen LogP contribution in [0, 0.1) is 0 Å². The van der Waals surface area contributed by atoms with Crippen LogP contribution in [-0.4, -0.2) is 37.5 Å². The number of rotatable bonds is 5. The van der Waals surface area contributed by atoms with Crippen molar-refractivity contribution in [1.29, 1.82) is 0 Å². The van der Waals surface area contributed by atoms with Crippen LogP contribution < -0.4 is 10.6 Å². The van der Waals surface area contributed by atoms with Gasteiger partial charge in [-0.1, -0.05) is 23.7 Å². The van der Waals surface area contributed by atoms with Crippen molar-refractivity contribution in [2.24, 2.45) is 0 Å². The predicted molar refractivity (Wildman–Crippen MR) is 66.4 cm³/mol. The maximum atomic E-state index is 11.6. The second-order valence-electron chi connectivity index (χ2n) is 3.41. The summed E-state index contributed by atoms with van der Waals surface area (Å²) in [5, 5.41) is 14.6. The second-order valence-corrected chi connectivity index (χ2v) is 3.82. The van der Waals surface area contributed by atoms with Crippen molar-refractivity contribution in [3.63, 3.8) is 0 Å². The van der Waals surface area contributed by atoms with Crippen molar-refractivity contribution >= 4 is 23.3 Å². The summed E-state index contributed by atoms with van der Waals surface area (Å²) in [6.45, 7) is 0.0518. The third kappa shape index (κ3) is 4.60. The average Bonchev–Trinajstić information content (AvgIpc) is 2.31. The highest BCUT2D eigenvalue weighted by atomic mass is 35.5. The molecule has 0 aliphatic carbocycles. The molecule has 0 aliphatic rings. The van der Waals surface area contributed by atoms with Crippen molar-refractivity contribution in [2.75, 3.05) is 25.6 Å². The largest absolute Gasteiger partial charge is 0.394 e. The molecule has 0 aliphatic heterocycles. The number of halogens is 1. The van der Waals surface area contributed by atoms with E-state index in [0.717, 1.165) is 0 Å². The van der Waals surface area contributed by atoms with Gasteiger partial charge in [0.25, 0.3) is 0 Å². The monoisotopic (exact) mass is 258 g/mol. The second kappa shape index (κ2) is 7.11. The summed E-state index contributed by atoms with van der Waals surface area (Å²) in [5.41, 5.74) is 0.515. The van der Waals surface area contributed by atoms with Crippen LogP contribution in [0.25, 0.3) is 0 Å². The molecular formula is C11H15ClN2O3. The molecule has 1 aromatic carbocycles. The highest BCUT2D eigenvalue weighted by molar-refractivity contribution is 6.33. The van der Waals surface area contributed by atoms with E-state index in [1.54, 1.807) is 24.3 Å². The fourth-order valence-corrected chi connectivity index (χ4v) is 1.43. The van der Waals surface area contributed by atoms with Gasteiger partial charge in [0.15, 0.2) is 0 Å². The molecular weight excluding hydrogens is 244 g/mol. The first-order valence-electron chi connectivity index (χ1n) is 5.09. The zero-order valence-corrected chi connectivity index (χ0v) is 10.2. The molecule has 0 heterocycles. The van der Waals surface area contributed by atoms with Crippen LogP contribution >= 0.6 is 11.6 Å². The first-order valence-corrected chi connectivity index (χ1v) is 5.47. The van der Waals surface area contributed by atoms with E-state index >= 15 is 0 Å². The molecule has 94 valence electrons. The summed E-state index contributed by atoms with van der Waals surface area (Å²) in [6.07, 6.45) is 0. The predicted octanol–water partition coefficient (Wildman–Crippen LogP) is 1.47. The van der Waals surface area contributed by atoms with Crippen LogP contribution in [0.15, 0.2) is 24.3 Å². The van der Waals surface area contributed by atoms with Gasteiger partial charge < -0.3 is 20.5 Å². The smallest absolute Gasteiger partial charge is 0.319 e. The molecule has 0 spiro atoms. The van der Waals surface area contributed by atoms with E-state index < -0.39 is 12.1 Å². The number of methoxy groups -OCH3 is 1. The Bertz CT molecular complexity index is 373. The first kappa shape index (κ1) is 13.8. The van der Waals surface area contributed by atoms with Crippen LogP contribution in [0.1, 0.15) is 0 Å². The van der Waals surface area contributed by atoms with Gasteiger partial charge in [-0.05, 0) is 12.1 Å². The van der Waals surface area contributed by atoms with Gasteiger partial charge in [-0.3, -0.25) is 0 Å². The number of hydrogen-bond donors (Lipinski definition) is 3. The highest BCUT2D eigenvalue weighted by Crippen LogP contribution is 2.19. The molecule has 6 heteroatoms. The summed E-state index contributed by atoms with van der Waals surface area (Å²) >= 11 is 5.88. The number of benzene rings is 1. The summed E-state index contributed by atoms with van der Waals surface area (Å²) < 4.78 is 4.84. The molecule has 1 unspecified atom stereocenters. The van der Waals surface area contributed by atoms with Gasteiger partial charge in [0, 0.05) is 7.11 Å². The lowest BCUT2D eigenvalue weighted by Gasteiger charge is -2.16. The van der Waals surface area contributed by atoms with E-state index in [9.17, 15) is 4.79 Å². The number of carbonyl (C=O) groups excluding carboxylic acids is 1. The van der Waals surface area contributed by atoms with E-state index in [0.29, 0.717) is 10.7 Å². The van der Waals surface area contributed by atoms with Gasteiger partial charge in [-0.2, -0.15) is 0 Å². The van der Waals surface area contributed by atoms with Crippen LogP contribution in [-0.2, 0) is 4.74 Å². The number of ether oxygens (including phenoxy) is 1. The standard InChI is InChI=1S/C11H15ClN2O3/c1-17-7-8(6-15)13-11(16)14-10-5-3-2-4-9(10)12/h2-5,8,15H,6-7H2,1H3,(H2,13,14,16). The fourth-order valence-electron chi connectivity index (χ4n) is 1.25. The Labute approximate surface area is 105 Å². The maximum Gasteiger partial charge on any atom is 0.319 e. The molecule has 0 saturated heterocycles. The van der Waals surface area contributed by atoms with Crippen LogP contribution in [0.4, 0.5) is 10.5 Å². The Kier molecular flexibility index (Phi) is 5.76. The van der Waals surface area contributed by atoms with Crippen LogP contribution in [0.2, 0.25) is 5.02 Å². The number of aliphatic hydroxyl groups is 1. The van der Waals surface area contributed by atoms with E-state index in [1.165, 1.54) is 7.11 Å².